The topological polar surface area (TPSA) is 99.2 Å². The first-order chi connectivity index (χ1) is 12.3. The molecule has 0 N–H and O–H groups in total. The Kier molecular flexibility index (Phi) is 6.12. The number of rotatable bonds is 8. The van der Waals surface area contributed by atoms with Crippen LogP contribution in [0.4, 0.5) is 0 Å². The molecule has 0 atom stereocenters. The summed E-state index contributed by atoms with van der Waals surface area (Å²) >= 11 is 0. The van der Waals surface area contributed by atoms with Crippen LogP contribution in [0.2, 0.25) is 0 Å². The molecule has 0 saturated heterocycles. The summed E-state index contributed by atoms with van der Waals surface area (Å²) in [6.45, 7) is 4.46. The zero-order chi connectivity index (χ0) is 19.4. The highest BCUT2D eigenvalue weighted by Crippen LogP contribution is 2.04. The first-order valence-electron chi connectivity index (χ1n) is 8.66. The van der Waals surface area contributed by atoms with Crippen LogP contribution in [0.5, 0.6) is 0 Å². The van der Waals surface area contributed by atoms with Gasteiger partial charge in [-0.3, -0.25) is 23.5 Å². The van der Waals surface area contributed by atoms with Gasteiger partial charge in [0, 0.05) is 33.7 Å². The molecule has 0 unspecified atom stereocenters. The Bertz CT molecular complexity index is 937. The number of Topliss-reactive ketones (excluding diaryl/α,β-unsaturated/α-hetero) is 1. The van der Waals surface area contributed by atoms with Gasteiger partial charge >= 0.3 is 5.69 Å². The highest BCUT2D eigenvalue weighted by Gasteiger charge is 2.17. The standard InChI is InChI=1S/C17H25N5O4/c1-5-7-21(13(24)10-12(2)23)8-6-9-22-16(25)14-15(18-11-19(14)3)20(4)17(22)26/h11H,5-10H2,1-4H3. The number of hydrogen-bond acceptors (Lipinski definition) is 5. The number of amides is 1. The summed E-state index contributed by atoms with van der Waals surface area (Å²) in [5.74, 6) is -0.399. The molecule has 2 aromatic rings. The van der Waals surface area contributed by atoms with Gasteiger partial charge in [-0.1, -0.05) is 6.92 Å². The number of aryl methyl sites for hydroxylation is 2. The van der Waals surface area contributed by atoms with Crippen LogP contribution < -0.4 is 11.2 Å². The van der Waals surface area contributed by atoms with Crippen molar-refractivity contribution in [3.8, 4) is 0 Å². The Labute approximate surface area is 150 Å². The molecule has 0 fully saturated rings. The number of carbonyl (C=O) groups is 2. The minimum absolute atomic E-state index is 0.122. The molecule has 0 bridgehead atoms. The fourth-order valence-corrected chi connectivity index (χ4v) is 2.97. The molecule has 0 radical (unpaired) electrons. The van der Waals surface area contributed by atoms with E-state index in [0.29, 0.717) is 30.7 Å². The number of fused-ring (bicyclic) bond motifs is 1. The number of imidazole rings is 1. The Morgan fingerprint density at radius 3 is 2.50 bits per heavy atom. The van der Waals surface area contributed by atoms with Gasteiger partial charge in [-0.25, -0.2) is 9.78 Å². The Morgan fingerprint density at radius 1 is 1.19 bits per heavy atom. The van der Waals surface area contributed by atoms with Crippen LogP contribution in [0.25, 0.3) is 11.2 Å². The van der Waals surface area contributed by atoms with E-state index in [4.69, 9.17) is 0 Å². The molecule has 0 aliphatic heterocycles. The van der Waals surface area contributed by atoms with Gasteiger partial charge in [-0.15, -0.1) is 0 Å². The van der Waals surface area contributed by atoms with E-state index in [1.807, 2.05) is 6.92 Å². The molecule has 2 heterocycles. The molecule has 142 valence electrons. The minimum atomic E-state index is -0.432. The van der Waals surface area contributed by atoms with E-state index >= 15 is 0 Å². The SMILES string of the molecule is CCCN(CCCn1c(=O)c2c(ncn2C)n(C)c1=O)C(=O)CC(C)=O. The molecule has 0 spiro atoms. The van der Waals surface area contributed by atoms with Crippen LogP contribution in [0.3, 0.4) is 0 Å². The van der Waals surface area contributed by atoms with Gasteiger partial charge in [0.1, 0.15) is 5.78 Å². The van der Waals surface area contributed by atoms with Crippen LogP contribution in [0, 0.1) is 0 Å². The van der Waals surface area contributed by atoms with Gasteiger partial charge in [0.15, 0.2) is 11.2 Å². The van der Waals surface area contributed by atoms with Crippen molar-refractivity contribution in [1.29, 1.82) is 0 Å². The molecule has 2 aromatic heterocycles. The second kappa shape index (κ2) is 8.11. The lowest BCUT2D eigenvalue weighted by molar-refractivity contribution is -0.134. The number of aromatic nitrogens is 4. The fraction of sp³-hybridized carbons (Fsp3) is 0.588. The zero-order valence-electron chi connectivity index (χ0n) is 15.7. The largest absolute Gasteiger partial charge is 0.342 e. The Morgan fingerprint density at radius 2 is 1.88 bits per heavy atom. The summed E-state index contributed by atoms with van der Waals surface area (Å²) in [6.07, 6.45) is 2.59. The molecule has 1 amide bonds. The minimum Gasteiger partial charge on any atom is -0.342 e. The Balaban J connectivity index is 2.20. The van der Waals surface area contributed by atoms with Crippen LogP contribution >= 0.6 is 0 Å². The van der Waals surface area contributed by atoms with Gasteiger partial charge < -0.3 is 9.47 Å². The van der Waals surface area contributed by atoms with E-state index in [2.05, 4.69) is 4.98 Å². The van der Waals surface area contributed by atoms with Gasteiger partial charge in [-0.2, -0.15) is 0 Å². The number of hydrogen-bond donors (Lipinski definition) is 0. The van der Waals surface area contributed by atoms with Crippen molar-refractivity contribution in [2.75, 3.05) is 13.1 Å². The predicted molar refractivity (Wildman–Crippen MR) is 97.0 cm³/mol. The molecule has 26 heavy (non-hydrogen) atoms. The normalized spacial score (nSPS) is 11.1. The molecular formula is C17H25N5O4. The number of carbonyl (C=O) groups excluding carboxylic acids is 2. The van der Waals surface area contributed by atoms with E-state index < -0.39 is 5.69 Å². The Hall–Kier alpha value is -2.71. The lowest BCUT2D eigenvalue weighted by Crippen LogP contribution is -2.41. The van der Waals surface area contributed by atoms with Crippen molar-refractivity contribution in [2.45, 2.75) is 39.7 Å². The molecular weight excluding hydrogens is 338 g/mol. The summed E-state index contributed by atoms with van der Waals surface area (Å²) in [7, 11) is 3.28. The van der Waals surface area contributed by atoms with Crippen molar-refractivity contribution in [2.24, 2.45) is 14.1 Å². The molecule has 0 aliphatic rings. The highest BCUT2D eigenvalue weighted by molar-refractivity contribution is 5.96. The van der Waals surface area contributed by atoms with Gasteiger partial charge in [0.05, 0.1) is 12.7 Å². The molecule has 9 nitrogen and oxygen atoms in total. The summed E-state index contributed by atoms with van der Waals surface area (Å²) in [5, 5.41) is 0. The highest BCUT2D eigenvalue weighted by atomic mass is 16.2. The second-order valence-electron chi connectivity index (χ2n) is 6.44. The lowest BCUT2D eigenvalue weighted by atomic mass is 10.2. The van der Waals surface area contributed by atoms with Gasteiger partial charge in [-0.05, 0) is 19.8 Å². The third-order valence-electron chi connectivity index (χ3n) is 4.26. The third kappa shape index (κ3) is 3.92. The van der Waals surface area contributed by atoms with Crippen LogP contribution in [0.1, 0.15) is 33.1 Å². The molecule has 0 aromatic carbocycles. The van der Waals surface area contributed by atoms with Crippen LogP contribution in [-0.2, 0) is 30.2 Å². The zero-order valence-corrected chi connectivity index (χ0v) is 15.7. The van der Waals surface area contributed by atoms with Crippen LogP contribution in [-0.4, -0.2) is 48.4 Å². The third-order valence-corrected chi connectivity index (χ3v) is 4.26. The van der Waals surface area contributed by atoms with E-state index in [0.717, 1.165) is 6.42 Å². The average Bonchev–Trinajstić information content (AvgIpc) is 2.96. The summed E-state index contributed by atoms with van der Waals surface area (Å²) < 4.78 is 4.11. The van der Waals surface area contributed by atoms with E-state index in [9.17, 15) is 19.2 Å². The molecule has 0 saturated carbocycles. The maximum atomic E-state index is 12.6. The van der Waals surface area contributed by atoms with Crippen molar-refractivity contribution in [3.63, 3.8) is 0 Å². The second-order valence-corrected chi connectivity index (χ2v) is 6.44. The first kappa shape index (κ1) is 19.6. The maximum absolute atomic E-state index is 12.6. The average molecular weight is 363 g/mol. The smallest absolute Gasteiger partial charge is 0.332 e. The van der Waals surface area contributed by atoms with E-state index in [1.165, 1.54) is 22.4 Å². The van der Waals surface area contributed by atoms with Crippen molar-refractivity contribution in [3.05, 3.63) is 27.2 Å². The molecule has 9 heteroatoms. The molecule has 0 aliphatic carbocycles. The van der Waals surface area contributed by atoms with Gasteiger partial charge in [0.25, 0.3) is 5.56 Å². The monoisotopic (exact) mass is 363 g/mol. The summed E-state index contributed by atoms with van der Waals surface area (Å²) in [6, 6.07) is 0. The number of nitrogens with zero attached hydrogens (tertiary/aromatic N) is 5. The van der Waals surface area contributed by atoms with Gasteiger partial charge in [0.2, 0.25) is 5.91 Å². The number of ketones is 1. The van der Waals surface area contributed by atoms with Crippen molar-refractivity contribution in [1.82, 2.24) is 23.6 Å². The van der Waals surface area contributed by atoms with Crippen molar-refractivity contribution < 1.29 is 9.59 Å². The fourth-order valence-electron chi connectivity index (χ4n) is 2.97. The maximum Gasteiger partial charge on any atom is 0.332 e. The van der Waals surface area contributed by atoms with E-state index in [1.54, 1.807) is 23.6 Å². The van der Waals surface area contributed by atoms with Crippen molar-refractivity contribution >= 4 is 22.9 Å². The lowest BCUT2D eigenvalue weighted by Gasteiger charge is -2.21. The first-order valence-corrected chi connectivity index (χ1v) is 8.66. The predicted octanol–water partition coefficient (Wildman–Crippen LogP) is 0.0415. The van der Waals surface area contributed by atoms with E-state index in [-0.39, 0.29) is 30.2 Å². The summed E-state index contributed by atoms with van der Waals surface area (Å²) in [5.41, 5.74) is -0.105. The van der Waals surface area contributed by atoms with Crippen LogP contribution in [0.15, 0.2) is 15.9 Å². The quantitative estimate of drug-likeness (QED) is 0.617. The summed E-state index contributed by atoms with van der Waals surface area (Å²) in [4.78, 5) is 54.1. The molecule has 2 rings (SSSR count).